The Morgan fingerprint density at radius 3 is 2.29 bits per heavy atom. The predicted octanol–water partition coefficient (Wildman–Crippen LogP) is 1.21. The first-order valence-electron chi connectivity index (χ1n) is 6.85. The van der Waals surface area contributed by atoms with E-state index in [0.717, 1.165) is 22.3 Å². The largest absolute Gasteiger partial charge is 0.468 e. The molecule has 0 bridgehead atoms. The first kappa shape index (κ1) is 16.0. The molecule has 6 heteroatoms. The first-order valence-corrected chi connectivity index (χ1v) is 8.67. The average molecular weight is 311 g/mol. The lowest BCUT2D eigenvalue weighted by molar-refractivity contribution is -0.142. The summed E-state index contributed by atoms with van der Waals surface area (Å²) in [6, 6.07) is 2.86. The van der Waals surface area contributed by atoms with Gasteiger partial charge in [0.1, 0.15) is 6.04 Å². The maximum Gasteiger partial charge on any atom is 0.323 e. The van der Waals surface area contributed by atoms with Crippen LogP contribution < -0.4 is 5.32 Å². The van der Waals surface area contributed by atoms with Crippen LogP contribution in [0.25, 0.3) is 0 Å². The zero-order valence-corrected chi connectivity index (χ0v) is 13.6. The summed E-state index contributed by atoms with van der Waals surface area (Å²) in [7, 11) is -2.02. The molecule has 1 aromatic carbocycles. The third kappa shape index (κ3) is 3.44. The van der Waals surface area contributed by atoms with Gasteiger partial charge in [-0.05, 0) is 37.5 Å². The molecule has 1 aliphatic heterocycles. The van der Waals surface area contributed by atoms with Crippen molar-refractivity contribution in [3.8, 4) is 0 Å². The van der Waals surface area contributed by atoms with Crippen molar-refractivity contribution in [2.24, 2.45) is 0 Å². The summed E-state index contributed by atoms with van der Waals surface area (Å²) in [5.41, 5.74) is 4.16. The average Bonchev–Trinajstić information content (AvgIpc) is 2.34. The molecule has 0 amide bonds. The zero-order valence-electron chi connectivity index (χ0n) is 12.8. The molecule has 2 rings (SSSR count). The maximum atomic E-state index is 12.1. The molecule has 1 fully saturated rings. The molecule has 1 heterocycles. The molecule has 0 radical (unpaired) electrons. The van der Waals surface area contributed by atoms with Gasteiger partial charge in [0, 0.05) is 6.04 Å². The number of methoxy groups -OCH3 is 1. The summed E-state index contributed by atoms with van der Waals surface area (Å²) in [5.74, 6) is -0.739. The van der Waals surface area contributed by atoms with Gasteiger partial charge >= 0.3 is 5.97 Å². The highest BCUT2D eigenvalue weighted by Gasteiger charge is 2.37. The lowest BCUT2D eigenvalue weighted by Gasteiger charge is -2.31. The Bertz CT molecular complexity index is 643. The number of carbonyl (C=O) groups is 1. The van der Waals surface area contributed by atoms with Gasteiger partial charge in [-0.1, -0.05) is 17.7 Å². The van der Waals surface area contributed by atoms with Crippen LogP contribution in [0, 0.1) is 20.8 Å². The molecule has 0 aromatic heterocycles. The van der Waals surface area contributed by atoms with E-state index in [4.69, 9.17) is 0 Å². The fourth-order valence-corrected chi connectivity index (χ4v) is 4.75. The summed E-state index contributed by atoms with van der Waals surface area (Å²) >= 11 is 0. The second-order valence-corrected chi connectivity index (χ2v) is 7.84. The van der Waals surface area contributed by atoms with Crippen molar-refractivity contribution in [1.29, 1.82) is 0 Å². The molecule has 2 unspecified atom stereocenters. The summed E-state index contributed by atoms with van der Waals surface area (Å²) < 4.78 is 28.9. The minimum Gasteiger partial charge on any atom is -0.468 e. The van der Waals surface area contributed by atoms with Gasteiger partial charge in [0.05, 0.1) is 18.6 Å². The van der Waals surface area contributed by atoms with Gasteiger partial charge in [-0.15, -0.1) is 0 Å². The molecule has 1 saturated heterocycles. The lowest BCUT2D eigenvalue weighted by atomic mass is 9.94. The van der Waals surface area contributed by atoms with Crippen molar-refractivity contribution < 1.29 is 17.9 Å². The van der Waals surface area contributed by atoms with Crippen molar-refractivity contribution >= 4 is 15.8 Å². The first-order chi connectivity index (χ1) is 9.73. The zero-order chi connectivity index (χ0) is 15.8. The van der Waals surface area contributed by atoms with Gasteiger partial charge < -0.3 is 4.74 Å². The van der Waals surface area contributed by atoms with E-state index in [1.165, 1.54) is 7.11 Å². The Hall–Kier alpha value is -1.40. The van der Waals surface area contributed by atoms with Gasteiger partial charge in [0.25, 0.3) is 0 Å². The number of benzene rings is 1. The molecule has 0 saturated carbocycles. The second kappa shape index (κ2) is 5.77. The minimum atomic E-state index is -3.29. The highest BCUT2D eigenvalue weighted by molar-refractivity contribution is 7.91. The third-order valence-corrected chi connectivity index (χ3v) is 5.50. The summed E-state index contributed by atoms with van der Waals surface area (Å²) in [6.45, 7) is 5.93. The fourth-order valence-electron chi connectivity index (χ4n) is 3.10. The molecule has 1 N–H and O–H groups in total. The minimum absolute atomic E-state index is 0.00519. The number of nitrogens with one attached hydrogen (secondary N) is 1. The highest BCUT2D eigenvalue weighted by atomic mass is 32.2. The van der Waals surface area contributed by atoms with Gasteiger partial charge in [-0.25, -0.2) is 8.42 Å². The highest BCUT2D eigenvalue weighted by Crippen LogP contribution is 2.28. The van der Waals surface area contributed by atoms with Gasteiger partial charge in [0.15, 0.2) is 9.84 Å². The van der Waals surface area contributed by atoms with E-state index in [-0.39, 0.29) is 17.5 Å². The van der Waals surface area contributed by atoms with Crippen LogP contribution >= 0.6 is 0 Å². The lowest BCUT2D eigenvalue weighted by Crippen LogP contribution is -2.51. The molecule has 0 aliphatic carbocycles. The van der Waals surface area contributed by atoms with E-state index >= 15 is 0 Å². The molecule has 0 spiro atoms. The monoisotopic (exact) mass is 311 g/mol. The molecular weight excluding hydrogens is 290 g/mol. The topological polar surface area (TPSA) is 72.5 Å². The fraction of sp³-hybridized carbons (Fsp3) is 0.533. The number of hydrogen-bond donors (Lipinski definition) is 1. The van der Waals surface area contributed by atoms with Crippen LogP contribution in [0.4, 0.5) is 0 Å². The van der Waals surface area contributed by atoms with Crippen molar-refractivity contribution in [2.45, 2.75) is 32.9 Å². The van der Waals surface area contributed by atoms with Crippen molar-refractivity contribution in [3.05, 3.63) is 34.4 Å². The summed E-state index contributed by atoms with van der Waals surface area (Å²) in [6.07, 6.45) is 0. The maximum absolute atomic E-state index is 12.1. The van der Waals surface area contributed by atoms with E-state index in [2.05, 4.69) is 10.1 Å². The van der Waals surface area contributed by atoms with Crippen LogP contribution in [0.1, 0.15) is 28.3 Å². The number of hydrogen-bond acceptors (Lipinski definition) is 5. The summed E-state index contributed by atoms with van der Waals surface area (Å²) in [5, 5.41) is 3.12. The number of rotatable bonds is 2. The smallest absolute Gasteiger partial charge is 0.323 e. The number of aryl methyl sites for hydroxylation is 3. The van der Waals surface area contributed by atoms with Gasteiger partial charge in [-0.2, -0.15) is 0 Å². The Morgan fingerprint density at radius 1 is 1.19 bits per heavy atom. The van der Waals surface area contributed by atoms with E-state index in [1.54, 1.807) is 0 Å². The van der Waals surface area contributed by atoms with Crippen LogP contribution in [-0.2, 0) is 19.4 Å². The molecule has 21 heavy (non-hydrogen) atoms. The van der Waals surface area contributed by atoms with Crippen LogP contribution in [0.3, 0.4) is 0 Å². The molecule has 2 atom stereocenters. The van der Waals surface area contributed by atoms with E-state index in [9.17, 15) is 13.2 Å². The molecule has 5 nitrogen and oxygen atoms in total. The second-order valence-electron chi connectivity index (χ2n) is 5.68. The number of esters is 1. The normalized spacial score (nSPS) is 24.6. The van der Waals surface area contributed by atoms with Crippen LogP contribution in [-0.4, -0.2) is 39.0 Å². The predicted molar refractivity (Wildman–Crippen MR) is 81.0 cm³/mol. The van der Waals surface area contributed by atoms with Crippen LogP contribution in [0.5, 0.6) is 0 Å². The van der Waals surface area contributed by atoms with Gasteiger partial charge in [-0.3, -0.25) is 10.1 Å². The number of ether oxygens (including phenoxy) is 1. The Labute approximate surface area is 125 Å². The third-order valence-electron chi connectivity index (χ3n) is 3.82. The SMILES string of the molecule is COC(=O)C1CS(=O)(=O)CC(c2c(C)cc(C)cc2C)N1. The Balaban J connectivity index is 2.42. The number of sulfone groups is 1. The number of carbonyl (C=O) groups excluding carboxylic acids is 1. The molecule has 1 aromatic rings. The standard InChI is InChI=1S/C15H21NO4S/c1-9-5-10(2)14(11(3)6-9)12-7-21(18,19)8-13(16-12)15(17)20-4/h5-6,12-13,16H,7-8H2,1-4H3. The summed E-state index contributed by atoms with van der Waals surface area (Å²) in [4.78, 5) is 11.7. The van der Waals surface area contributed by atoms with E-state index < -0.39 is 21.8 Å². The van der Waals surface area contributed by atoms with E-state index in [0.29, 0.717) is 0 Å². The quantitative estimate of drug-likeness (QED) is 0.831. The van der Waals surface area contributed by atoms with E-state index in [1.807, 2.05) is 32.9 Å². The van der Waals surface area contributed by atoms with Crippen LogP contribution in [0.15, 0.2) is 12.1 Å². The Morgan fingerprint density at radius 2 is 1.76 bits per heavy atom. The van der Waals surface area contributed by atoms with Gasteiger partial charge in [0.2, 0.25) is 0 Å². The Kier molecular flexibility index (Phi) is 4.39. The molecular formula is C15H21NO4S. The van der Waals surface area contributed by atoms with Crippen LogP contribution in [0.2, 0.25) is 0 Å². The molecule has 116 valence electrons. The van der Waals surface area contributed by atoms with Crippen molar-refractivity contribution in [1.82, 2.24) is 5.32 Å². The van der Waals surface area contributed by atoms with Crippen molar-refractivity contribution in [2.75, 3.05) is 18.6 Å². The van der Waals surface area contributed by atoms with Crippen molar-refractivity contribution in [3.63, 3.8) is 0 Å². The molecule has 1 aliphatic rings.